The van der Waals surface area contributed by atoms with Crippen LogP contribution < -0.4 is 4.90 Å². The molecule has 0 fully saturated rings. The van der Waals surface area contributed by atoms with Crippen LogP contribution >= 0.6 is 0 Å². The monoisotopic (exact) mass is 365 g/mol. The average Bonchev–Trinajstić information content (AvgIpc) is 2.97. The predicted octanol–water partition coefficient (Wildman–Crippen LogP) is 3.27. The zero-order valence-corrected chi connectivity index (χ0v) is 15.3. The van der Waals surface area contributed by atoms with E-state index >= 15 is 0 Å². The summed E-state index contributed by atoms with van der Waals surface area (Å²) in [6.45, 7) is 3.49. The number of imide groups is 1. The van der Waals surface area contributed by atoms with E-state index in [4.69, 9.17) is 9.47 Å². The van der Waals surface area contributed by atoms with Crippen molar-refractivity contribution in [2.24, 2.45) is 0 Å². The molecule has 2 amide bonds. The SMILES string of the molecule is CCO/C(=C1/C(=O)N(C(C)=O)c2cc(C(=O)OC)ccc21)c1ccccc1. The van der Waals surface area contributed by atoms with E-state index in [2.05, 4.69) is 0 Å². The van der Waals surface area contributed by atoms with Crippen LogP contribution in [-0.4, -0.2) is 31.5 Å². The number of nitrogens with zero attached hydrogens (tertiary/aromatic N) is 1. The third kappa shape index (κ3) is 3.21. The predicted molar refractivity (Wildman–Crippen MR) is 101 cm³/mol. The minimum atomic E-state index is -0.542. The van der Waals surface area contributed by atoms with Gasteiger partial charge in [-0.05, 0) is 19.1 Å². The van der Waals surface area contributed by atoms with Crippen molar-refractivity contribution in [3.8, 4) is 0 Å². The van der Waals surface area contributed by atoms with Gasteiger partial charge in [0.2, 0.25) is 5.91 Å². The minimum Gasteiger partial charge on any atom is -0.492 e. The summed E-state index contributed by atoms with van der Waals surface area (Å²) in [6, 6.07) is 13.9. The molecule has 1 aliphatic rings. The third-order valence-corrected chi connectivity index (χ3v) is 4.21. The van der Waals surface area contributed by atoms with Crippen LogP contribution in [0.4, 0.5) is 5.69 Å². The fourth-order valence-electron chi connectivity index (χ4n) is 3.08. The van der Waals surface area contributed by atoms with Crippen LogP contribution in [0.1, 0.15) is 35.3 Å². The highest BCUT2D eigenvalue weighted by atomic mass is 16.5. The van der Waals surface area contributed by atoms with Crippen molar-refractivity contribution >= 4 is 34.8 Å². The summed E-state index contributed by atoms with van der Waals surface area (Å²) < 4.78 is 10.5. The van der Waals surface area contributed by atoms with Crippen molar-refractivity contribution in [1.29, 1.82) is 0 Å². The molecular formula is C21H19NO5. The maximum atomic E-state index is 13.1. The average molecular weight is 365 g/mol. The molecule has 3 rings (SSSR count). The number of carbonyl (C=O) groups is 3. The number of hydrogen-bond acceptors (Lipinski definition) is 5. The largest absolute Gasteiger partial charge is 0.492 e. The van der Waals surface area contributed by atoms with Gasteiger partial charge < -0.3 is 9.47 Å². The summed E-state index contributed by atoms with van der Waals surface area (Å²) in [5.74, 6) is -1.06. The number of fused-ring (bicyclic) bond motifs is 1. The fraction of sp³-hybridized carbons (Fsp3) is 0.190. The first kappa shape index (κ1) is 18.4. The van der Waals surface area contributed by atoms with E-state index < -0.39 is 17.8 Å². The first-order chi connectivity index (χ1) is 13.0. The number of hydrogen-bond donors (Lipinski definition) is 0. The standard InChI is InChI=1S/C21H19NO5/c1-4-27-19(14-8-6-5-7-9-14)18-16-11-10-15(21(25)26-3)12-17(16)22(13(2)23)20(18)24/h5-12H,4H2,1-3H3/b19-18+. The molecule has 0 atom stereocenters. The van der Waals surface area contributed by atoms with Gasteiger partial charge in [0, 0.05) is 18.1 Å². The lowest BCUT2D eigenvalue weighted by molar-refractivity contribution is -0.122. The zero-order chi connectivity index (χ0) is 19.6. The number of benzene rings is 2. The Morgan fingerprint density at radius 2 is 1.74 bits per heavy atom. The molecule has 0 bridgehead atoms. The number of amides is 2. The molecule has 0 N–H and O–H groups in total. The third-order valence-electron chi connectivity index (χ3n) is 4.21. The number of carbonyl (C=O) groups excluding carboxylic acids is 3. The van der Waals surface area contributed by atoms with E-state index in [1.165, 1.54) is 20.1 Å². The maximum Gasteiger partial charge on any atom is 0.337 e. The Hall–Kier alpha value is -3.41. The molecule has 6 nitrogen and oxygen atoms in total. The topological polar surface area (TPSA) is 72.9 Å². The molecular weight excluding hydrogens is 346 g/mol. The van der Waals surface area contributed by atoms with Crippen molar-refractivity contribution in [1.82, 2.24) is 0 Å². The Morgan fingerprint density at radius 1 is 1.04 bits per heavy atom. The van der Waals surface area contributed by atoms with Crippen LogP contribution in [0, 0.1) is 0 Å². The van der Waals surface area contributed by atoms with E-state index in [1.54, 1.807) is 12.1 Å². The molecule has 0 saturated carbocycles. The molecule has 0 spiro atoms. The van der Waals surface area contributed by atoms with Crippen molar-refractivity contribution in [2.45, 2.75) is 13.8 Å². The van der Waals surface area contributed by atoms with Gasteiger partial charge in [0.05, 0.1) is 30.5 Å². The van der Waals surface area contributed by atoms with Gasteiger partial charge in [0.25, 0.3) is 5.91 Å². The number of anilines is 1. The second-order valence-corrected chi connectivity index (χ2v) is 5.89. The van der Waals surface area contributed by atoms with Gasteiger partial charge in [0.1, 0.15) is 5.76 Å². The molecule has 0 radical (unpaired) electrons. The molecule has 0 aromatic heterocycles. The van der Waals surface area contributed by atoms with Gasteiger partial charge >= 0.3 is 5.97 Å². The van der Waals surface area contributed by atoms with Crippen LogP contribution in [0.15, 0.2) is 48.5 Å². The second-order valence-electron chi connectivity index (χ2n) is 5.89. The van der Waals surface area contributed by atoms with Gasteiger partial charge in [-0.25, -0.2) is 9.69 Å². The van der Waals surface area contributed by atoms with Crippen LogP contribution in [-0.2, 0) is 19.1 Å². The van der Waals surface area contributed by atoms with E-state index in [-0.39, 0.29) is 5.56 Å². The number of methoxy groups -OCH3 is 1. The number of rotatable bonds is 4. The van der Waals surface area contributed by atoms with Crippen LogP contribution in [0.3, 0.4) is 0 Å². The molecule has 2 aromatic rings. The highest BCUT2D eigenvalue weighted by Crippen LogP contribution is 2.41. The minimum absolute atomic E-state index is 0.259. The van der Waals surface area contributed by atoms with E-state index in [1.807, 2.05) is 37.3 Å². The summed E-state index contributed by atoms with van der Waals surface area (Å²) in [6.07, 6.45) is 0. The van der Waals surface area contributed by atoms with E-state index in [0.717, 1.165) is 10.5 Å². The normalized spacial score (nSPS) is 14.6. The smallest absolute Gasteiger partial charge is 0.337 e. The Morgan fingerprint density at radius 3 is 2.33 bits per heavy atom. The van der Waals surface area contributed by atoms with Crippen LogP contribution in [0.25, 0.3) is 11.3 Å². The quantitative estimate of drug-likeness (QED) is 0.472. The Balaban J connectivity index is 2.28. The second kappa shape index (κ2) is 7.45. The van der Waals surface area contributed by atoms with Crippen molar-refractivity contribution in [3.05, 3.63) is 65.2 Å². The van der Waals surface area contributed by atoms with Crippen molar-refractivity contribution < 1.29 is 23.9 Å². The molecule has 0 aliphatic carbocycles. The lowest BCUT2D eigenvalue weighted by atomic mass is 10.0. The van der Waals surface area contributed by atoms with Crippen LogP contribution in [0.2, 0.25) is 0 Å². The molecule has 27 heavy (non-hydrogen) atoms. The van der Waals surface area contributed by atoms with E-state index in [0.29, 0.717) is 29.2 Å². The summed E-state index contributed by atoms with van der Waals surface area (Å²) >= 11 is 0. The van der Waals surface area contributed by atoms with Gasteiger partial charge in [-0.15, -0.1) is 0 Å². The van der Waals surface area contributed by atoms with Gasteiger partial charge in [-0.2, -0.15) is 0 Å². The molecule has 0 unspecified atom stereocenters. The molecule has 138 valence electrons. The van der Waals surface area contributed by atoms with Gasteiger partial charge in [-0.1, -0.05) is 36.4 Å². The Bertz CT molecular complexity index is 946. The van der Waals surface area contributed by atoms with Crippen molar-refractivity contribution in [2.75, 3.05) is 18.6 Å². The Kier molecular flexibility index (Phi) is 5.07. The summed E-state index contributed by atoms with van der Waals surface area (Å²) in [5.41, 5.74) is 2.17. The molecule has 0 saturated heterocycles. The highest BCUT2D eigenvalue weighted by Gasteiger charge is 2.38. The fourth-order valence-corrected chi connectivity index (χ4v) is 3.08. The molecule has 6 heteroatoms. The number of esters is 1. The summed E-state index contributed by atoms with van der Waals surface area (Å²) in [5, 5.41) is 0. The molecule has 1 heterocycles. The first-order valence-electron chi connectivity index (χ1n) is 8.49. The summed E-state index contributed by atoms with van der Waals surface area (Å²) in [4.78, 5) is 38.2. The maximum absolute atomic E-state index is 13.1. The Labute approximate surface area is 157 Å². The number of ether oxygens (including phenoxy) is 2. The van der Waals surface area contributed by atoms with Gasteiger partial charge in [0.15, 0.2) is 0 Å². The summed E-state index contributed by atoms with van der Waals surface area (Å²) in [7, 11) is 1.28. The molecule has 1 aliphatic heterocycles. The molecule has 2 aromatic carbocycles. The van der Waals surface area contributed by atoms with Gasteiger partial charge in [-0.3, -0.25) is 9.59 Å². The lowest BCUT2D eigenvalue weighted by Crippen LogP contribution is -2.31. The zero-order valence-electron chi connectivity index (χ0n) is 15.3. The lowest BCUT2D eigenvalue weighted by Gasteiger charge is -2.13. The highest BCUT2D eigenvalue weighted by molar-refractivity contribution is 6.43. The first-order valence-corrected chi connectivity index (χ1v) is 8.49. The van der Waals surface area contributed by atoms with Crippen LogP contribution in [0.5, 0.6) is 0 Å². The van der Waals surface area contributed by atoms with Crippen molar-refractivity contribution in [3.63, 3.8) is 0 Å². The van der Waals surface area contributed by atoms with E-state index in [9.17, 15) is 14.4 Å².